The molecule has 0 spiro atoms. The number of pyridine rings is 1. The third-order valence-electron chi connectivity index (χ3n) is 3.00. The van der Waals surface area contributed by atoms with Crippen LogP contribution in [0.4, 0.5) is 17.5 Å². The van der Waals surface area contributed by atoms with Gasteiger partial charge in [0.1, 0.15) is 5.82 Å². The second-order valence-corrected chi connectivity index (χ2v) is 5.03. The van der Waals surface area contributed by atoms with Gasteiger partial charge in [-0.2, -0.15) is 4.98 Å². The van der Waals surface area contributed by atoms with E-state index < -0.39 is 0 Å². The van der Waals surface area contributed by atoms with Gasteiger partial charge < -0.3 is 10.6 Å². The van der Waals surface area contributed by atoms with E-state index in [0.717, 1.165) is 16.9 Å². The van der Waals surface area contributed by atoms with E-state index in [1.165, 1.54) is 0 Å². The molecule has 1 aromatic carbocycles. The maximum atomic E-state index is 6.00. The molecule has 2 aromatic heterocycles. The van der Waals surface area contributed by atoms with Crippen molar-refractivity contribution >= 4 is 29.1 Å². The van der Waals surface area contributed by atoms with Gasteiger partial charge in [-0.1, -0.05) is 17.7 Å². The summed E-state index contributed by atoms with van der Waals surface area (Å²) in [6.45, 7) is 0. The van der Waals surface area contributed by atoms with E-state index in [-0.39, 0.29) is 0 Å². The number of halogens is 1. The van der Waals surface area contributed by atoms with Crippen molar-refractivity contribution in [2.24, 2.45) is 0 Å². The van der Waals surface area contributed by atoms with Crippen LogP contribution in [0.3, 0.4) is 0 Å². The molecular formula is C16H14ClN5. The van der Waals surface area contributed by atoms with Crippen LogP contribution in [0.1, 0.15) is 0 Å². The Morgan fingerprint density at radius 2 is 1.95 bits per heavy atom. The van der Waals surface area contributed by atoms with Crippen LogP contribution in [0.15, 0.2) is 54.9 Å². The summed E-state index contributed by atoms with van der Waals surface area (Å²) in [7, 11) is 1.78. The van der Waals surface area contributed by atoms with Crippen LogP contribution in [0, 0.1) is 0 Å². The maximum Gasteiger partial charge on any atom is 0.224 e. The minimum Gasteiger partial charge on any atom is -0.357 e. The fourth-order valence-electron chi connectivity index (χ4n) is 2.00. The van der Waals surface area contributed by atoms with Crippen molar-refractivity contribution in [2.45, 2.75) is 0 Å². The molecule has 2 N–H and O–H groups in total. The summed E-state index contributed by atoms with van der Waals surface area (Å²) in [5.74, 6) is 1.21. The molecule has 0 aliphatic carbocycles. The lowest BCUT2D eigenvalue weighted by Crippen LogP contribution is -2.02. The first-order valence-corrected chi connectivity index (χ1v) is 7.12. The molecule has 110 valence electrons. The Morgan fingerprint density at radius 3 is 2.68 bits per heavy atom. The largest absolute Gasteiger partial charge is 0.357 e. The summed E-state index contributed by atoms with van der Waals surface area (Å²) < 4.78 is 0. The van der Waals surface area contributed by atoms with Crippen molar-refractivity contribution in [1.29, 1.82) is 0 Å². The second kappa shape index (κ2) is 6.41. The molecule has 0 aliphatic rings. The molecular weight excluding hydrogens is 298 g/mol. The van der Waals surface area contributed by atoms with Crippen molar-refractivity contribution in [3.05, 3.63) is 59.9 Å². The Morgan fingerprint density at radius 1 is 1.05 bits per heavy atom. The van der Waals surface area contributed by atoms with E-state index >= 15 is 0 Å². The van der Waals surface area contributed by atoms with Gasteiger partial charge in [0.05, 0.1) is 5.69 Å². The van der Waals surface area contributed by atoms with Gasteiger partial charge in [0, 0.05) is 41.8 Å². The van der Waals surface area contributed by atoms with Gasteiger partial charge in [0.25, 0.3) is 0 Å². The molecule has 0 amide bonds. The monoisotopic (exact) mass is 311 g/mol. The highest BCUT2D eigenvalue weighted by atomic mass is 35.5. The van der Waals surface area contributed by atoms with Crippen molar-refractivity contribution in [2.75, 3.05) is 17.7 Å². The smallest absolute Gasteiger partial charge is 0.224 e. The van der Waals surface area contributed by atoms with Crippen molar-refractivity contribution in [3.8, 4) is 11.3 Å². The number of hydrogen-bond donors (Lipinski definition) is 2. The lowest BCUT2D eigenvalue weighted by atomic mass is 10.2. The fraction of sp³-hybridized carbons (Fsp3) is 0.0625. The summed E-state index contributed by atoms with van der Waals surface area (Å²) in [5, 5.41) is 6.87. The number of anilines is 3. The Labute approximate surface area is 133 Å². The Bertz CT molecular complexity index is 776. The molecule has 2 heterocycles. The van der Waals surface area contributed by atoms with Crippen LogP contribution in [0.2, 0.25) is 5.02 Å². The molecule has 0 aliphatic heterocycles. The summed E-state index contributed by atoms with van der Waals surface area (Å²) in [5.41, 5.74) is 2.58. The van der Waals surface area contributed by atoms with E-state index in [2.05, 4.69) is 25.6 Å². The zero-order valence-electron chi connectivity index (χ0n) is 11.9. The predicted octanol–water partition coefficient (Wildman–Crippen LogP) is 3.98. The molecule has 0 atom stereocenters. The normalized spacial score (nSPS) is 10.3. The third kappa shape index (κ3) is 3.32. The first-order chi connectivity index (χ1) is 10.7. The van der Waals surface area contributed by atoms with Crippen LogP contribution < -0.4 is 10.6 Å². The highest BCUT2D eigenvalue weighted by Gasteiger charge is 2.06. The van der Waals surface area contributed by atoms with E-state index in [1.807, 2.05) is 42.5 Å². The minimum absolute atomic E-state index is 0.533. The van der Waals surface area contributed by atoms with Gasteiger partial charge in [-0.25, -0.2) is 4.98 Å². The van der Waals surface area contributed by atoms with Gasteiger partial charge in [-0.3, -0.25) is 4.98 Å². The van der Waals surface area contributed by atoms with Gasteiger partial charge in [0.2, 0.25) is 5.95 Å². The van der Waals surface area contributed by atoms with E-state index in [4.69, 9.17) is 11.6 Å². The maximum absolute atomic E-state index is 6.00. The van der Waals surface area contributed by atoms with E-state index in [0.29, 0.717) is 16.8 Å². The predicted molar refractivity (Wildman–Crippen MR) is 89.5 cm³/mol. The summed E-state index contributed by atoms with van der Waals surface area (Å²) >= 11 is 6.00. The molecule has 0 bridgehead atoms. The molecule has 3 aromatic rings. The standard InChI is InChI=1S/C16H14ClN5/c1-18-16-21-14(11-4-3-7-19-10-11)9-15(22-16)20-13-6-2-5-12(17)8-13/h2-10H,1H3,(H2,18,20,21,22). The van der Waals surface area contributed by atoms with Crippen molar-refractivity contribution < 1.29 is 0 Å². The van der Waals surface area contributed by atoms with Crippen LogP contribution in [-0.4, -0.2) is 22.0 Å². The second-order valence-electron chi connectivity index (χ2n) is 4.59. The van der Waals surface area contributed by atoms with Gasteiger partial charge >= 0.3 is 0 Å². The van der Waals surface area contributed by atoms with Crippen LogP contribution in [0.5, 0.6) is 0 Å². The third-order valence-corrected chi connectivity index (χ3v) is 3.24. The first-order valence-electron chi connectivity index (χ1n) is 6.74. The SMILES string of the molecule is CNc1nc(Nc2cccc(Cl)c2)cc(-c2cccnc2)n1. The Kier molecular flexibility index (Phi) is 4.16. The number of nitrogens with one attached hydrogen (secondary N) is 2. The summed E-state index contributed by atoms with van der Waals surface area (Å²) in [4.78, 5) is 13.0. The average Bonchev–Trinajstić information content (AvgIpc) is 2.55. The number of benzene rings is 1. The average molecular weight is 312 g/mol. The van der Waals surface area contributed by atoms with Crippen molar-refractivity contribution in [3.63, 3.8) is 0 Å². The van der Waals surface area contributed by atoms with Gasteiger partial charge in [-0.05, 0) is 30.3 Å². The van der Waals surface area contributed by atoms with E-state index in [9.17, 15) is 0 Å². The first kappa shape index (κ1) is 14.3. The summed E-state index contributed by atoms with van der Waals surface area (Å²) in [6, 6.07) is 13.2. The van der Waals surface area contributed by atoms with Crippen molar-refractivity contribution in [1.82, 2.24) is 15.0 Å². The highest BCUT2D eigenvalue weighted by Crippen LogP contribution is 2.24. The fourth-order valence-corrected chi connectivity index (χ4v) is 2.19. The number of hydrogen-bond acceptors (Lipinski definition) is 5. The minimum atomic E-state index is 0.533. The molecule has 5 nitrogen and oxygen atoms in total. The van der Waals surface area contributed by atoms with Crippen LogP contribution in [0.25, 0.3) is 11.3 Å². The van der Waals surface area contributed by atoms with E-state index in [1.54, 1.807) is 19.4 Å². The van der Waals surface area contributed by atoms with Gasteiger partial charge in [0.15, 0.2) is 0 Å². The van der Waals surface area contributed by atoms with Crippen LogP contribution in [-0.2, 0) is 0 Å². The molecule has 3 rings (SSSR count). The zero-order chi connectivity index (χ0) is 15.4. The Balaban J connectivity index is 1.97. The number of rotatable bonds is 4. The lowest BCUT2D eigenvalue weighted by Gasteiger charge is -2.10. The summed E-state index contributed by atoms with van der Waals surface area (Å²) in [6.07, 6.45) is 3.50. The molecule has 0 unspecified atom stereocenters. The molecule has 22 heavy (non-hydrogen) atoms. The lowest BCUT2D eigenvalue weighted by molar-refractivity contribution is 1.15. The van der Waals surface area contributed by atoms with Gasteiger partial charge in [-0.15, -0.1) is 0 Å². The number of aromatic nitrogens is 3. The molecule has 0 radical (unpaired) electrons. The zero-order valence-corrected chi connectivity index (χ0v) is 12.7. The number of nitrogens with zero attached hydrogens (tertiary/aromatic N) is 3. The molecule has 0 saturated carbocycles. The molecule has 0 saturated heterocycles. The quantitative estimate of drug-likeness (QED) is 0.763. The van der Waals surface area contributed by atoms with Crippen LogP contribution >= 0.6 is 11.6 Å². The topological polar surface area (TPSA) is 62.7 Å². The molecule has 0 fully saturated rings. The Hall–Kier alpha value is -2.66. The highest BCUT2D eigenvalue weighted by molar-refractivity contribution is 6.30. The molecule has 6 heteroatoms.